The molecule has 0 spiro atoms. The summed E-state index contributed by atoms with van der Waals surface area (Å²) in [6.07, 6.45) is 1.69. The highest BCUT2D eigenvalue weighted by molar-refractivity contribution is 5.84. The van der Waals surface area contributed by atoms with Gasteiger partial charge in [0.05, 0.1) is 6.61 Å². The van der Waals surface area contributed by atoms with Crippen molar-refractivity contribution < 1.29 is 14.3 Å². The van der Waals surface area contributed by atoms with Gasteiger partial charge in [-0.25, -0.2) is 4.79 Å². The molecule has 1 amide bonds. The van der Waals surface area contributed by atoms with Crippen LogP contribution in [0.25, 0.3) is 10.8 Å². The van der Waals surface area contributed by atoms with Crippen LogP contribution in [0.4, 0.5) is 4.79 Å². The van der Waals surface area contributed by atoms with Crippen molar-refractivity contribution >= 4 is 16.9 Å². The molecular weight excluding hydrogens is 326 g/mol. The Morgan fingerprint density at radius 2 is 1.65 bits per heavy atom. The molecule has 4 nitrogen and oxygen atoms in total. The van der Waals surface area contributed by atoms with Crippen LogP contribution in [0, 0.1) is 0 Å². The normalized spacial score (nSPS) is 10.5. The minimum absolute atomic E-state index is 0.404. The van der Waals surface area contributed by atoms with E-state index in [-0.39, 0.29) is 0 Å². The van der Waals surface area contributed by atoms with Crippen LogP contribution in [0.3, 0.4) is 0 Å². The lowest BCUT2D eigenvalue weighted by Gasteiger charge is -2.09. The van der Waals surface area contributed by atoms with Gasteiger partial charge in [-0.2, -0.15) is 0 Å². The first-order valence-electron chi connectivity index (χ1n) is 8.91. The molecule has 0 aromatic heterocycles. The predicted octanol–water partition coefficient (Wildman–Crippen LogP) is 5.31. The second kappa shape index (κ2) is 8.90. The van der Waals surface area contributed by atoms with Crippen LogP contribution in [0.15, 0.2) is 66.7 Å². The smallest absolute Gasteiger partial charge is 0.412 e. The summed E-state index contributed by atoms with van der Waals surface area (Å²) in [6.45, 7) is 3.27. The Morgan fingerprint density at radius 3 is 2.42 bits per heavy atom. The summed E-state index contributed by atoms with van der Waals surface area (Å²) >= 11 is 0. The Labute approximate surface area is 153 Å². The second-order valence-electron chi connectivity index (χ2n) is 6.10. The van der Waals surface area contributed by atoms with Crippen LogP contribution in [0.2, 0.25) is 0 Å². The summed E-state index contributed by atoms with van der Waals surface area (Å²) in [6, 6.07) is 21.3. The number of hydrogen-bond donors (Lipinski definition) is 1. The Hall–Kier alpha value is -3.01. The molecule has 0 saturated heterocycles. The summed E-state index contributed by atoms with van der Waals surface area (Å²) in [5.74, 6) is 1.38. The molecule has 3 aromatic carbocycles. The van der Waals surface area contributed by atoms with Crippen LogP contribution in [-0.2, 0) is 6.54 Å². The van der Waals surface area contributed by atoms with Crippen molar-refractivity contribution in [1.82, 2.24) is 5.32 Å². The van der Waals surface area contributed by atoms with Crippen molar-refractivity contribution in [3.05, 3.63) is 72.3 Å². The molecule has 3 aromatic rings. The van der Waals surface area contributed by atoms with Gasteiger partial charge in [0.1, 0.15) is 11.5 Å². The maximum Gasteiger partial charge on any atom is 0.412 e. The van der Waals surface area contributed by atoms with Crippen molar-refractivity contribution in [2.24, 2.45) is 0 Å². The van der Waals surface area contributed by atoms with Crippen LogP contribution < -0.4 is 14.8 Å². The summed E-state index contributed by atoms with van der Waals surface area (Å²) in [4.78, 5) is 12.0. The third-order valence-electron chi connectivity index (χ3n) is 4.06. The fraction of sp³-hybridized carbons (Fsp3) is 0.227. The summed E-state index contributed by atoms with van der Waals surface area (Å²) < 4.78 is 11.0. The quantitative estimate of drug-likeness (QED) is 0.588. The van der Waals surface area contributed by atoms with Crippen molar-refractivity contribution in [3.63, 3.8) is 0 Å². The number of unbranched alkanes of at least 4 members (excludes halogenated alkanes) is 1. The van der Waals surface area contributed by atoms with Gasteiger partial charge < -0.3 is 14.8 Å². The van der Waals surface area contributed by atoms with Crippen molar-refractivity contribution in [1.29, 1.82) is 0 Å². The van der Waals surface area contributed by atoms with E-state index in [0.29, 0.717) is 12.3 Å². The third-order valence-corrected chi connectivity index (χ3v) is 4.06. The number of benzene rings is 3. The van der Waals surface area contributed by atoms with E-state index in [4.69, 9.17) is 9.47 Å². The third kappa shape index (κ3) is 4.99. The second-order valence-corrected chi connectivity index (χ2v) is 6.10. The lowest BCUT2D eigenvalue weighted by atomic mass is 10.1. The molecule has 0 aliphatic rings. The standard InChI is InChI=1S/C22H23NO3/c1-2-3-14-25-20-11-8-17(9-12-20)16-23-22(24)26-21-13-10-18-6-4-5-7-19(18)15-21/h4-13,15H,2-3,14,16H2,1H3,(H,23,24). The molecule has 26 heavy (non-hydrogen) atoms. The number of amides is 1. The van der Waals surface area contributed by atoms with Crippen molar-refractivity contribution in [2.75, 3.05) is 6.61 Å². The molecule has 134 valence electrons. The number of fused-ring (bicyclic) bond motifs is 1. The molecular formula is C22H23NO3. The zero-order valence-corrected chi connectivity index (χ0v) is 14.9. The number of nitrogens with one attached hydrogen (secondary N) is 1. The van der Waals surface area contributed by atoms with Gasteiger partial charge in [0.15, 0.2) is 0 Å². The highest BCUT2D eigenvalue weighted by Crippen LogP contribution is 2.20. The highest BCUT2D eigenvalue weighted by Gasteiger charge is 2.05. The van der Waals surface area contributed by atoms with E-state index in [9.17, 15) is 4.79 Å². The largest absolute Gasteiger partial charge is 0.494 e. The van der Waals surface area contributed by atoms with Gasteiger partial charge in [0, 0.05) is 6.54 Å². The van der Waals surface area contributed by atoms with E-state index in [1.165, 1.54) is 0 Å². The SMILES string of the molecule is CCCCOc1ccc(CNC(=O)Oc2ccc3ccccc3c2)cc1. The molecule has 0 unspecified atom stereocenters. The average molecular weight is 349 g/mol. The molecule has 0 fully saturated rings. The predicted molar refractivity (Wildman–Crippen MR) is 104 cm³/mol. The minimum atomic E-state index is -0.469. The van der Waals surface area contributed by atoms with E-state index < -0.39 is 6.09 Å². The lowest BCUT2D eigenvalue weighted by Crippen LogP contribution is -2.26. The van der Waals surface area contributed by atoms with E-state index in [0.717, 1.165) is 41.5 Å². The number of hydrogen-bond acceptors (Lipinski definition) is 3. The topological polar surface area (TPSA) is 47.6 Å². The molecule has 1 N–H and O–H groups in total. The number of ether oxygens (including phenoxy) is 2. The number of rotatable bonds is 7. The zero-order chi connectivity index (χ0) is 18.2. The first-order valence-corrected chi connectivity index (χ1v) is 8.91. The first-order chi connectivity index (χ1) is 12.7. The Bertz CT molecular complexity index is 859. The molecule has 0 aliphatic heterocycles. The molecule has 4 heteroatoms. The van der Waals surface area contributed by atoms with Crippen LogP contribution in [-0.4, -0.2) is 12.7 Å². The molecule has 0 saturated carbocycles. The fourth-order valence-corrected chi connectivity index (χ4v) is 2.59. The Balaban J connectivity index is 1.50. The molecule has 0 bridgehead atoms. The van der Waals surface area contributed by atoms with Gasteiger partial charge in [-0.1, -0.05) is 55.8 Å². The van der Waals surface area contributed by atoms with Gasteiger partial charge in [0.2, 0.25) is 0 Å². The average Bonchev–Trinajstić information content (AvgIpc) is 2.67. The zero-order valence-electron chi connectivity index (χ0n) is 14.9. The van der Waals surface area contributed by atoms with Crippen molar-refractivity contribution in [2.45, 2.75) is 26.3 Å². The van der Waals surface area contributed by atoms with E-state index in [1.807, 2.05) is 60.7 Å². The van der Waals surface area contributed by atoms with E-state index in [1.54, 1.807) is 6.07 Å². The summed E-state index contributed by atoms with van der Waals surface area (Å²) in [7, 11) is 0. The first kappa shape index (κ1) is 17.8. The number of carbonyl (C=O) groups excluding carboxylic acids is 1. The van der Waals surface area contributed by atoms with E-state index >= 15 is 0 Å². The number of carbonyl (C=O) groups is 1. The van der Waals surface area contributed by atoms with Gasteiger partial charge in [-0.15, -0.1) is 0 Å². The molecule has 0 aliphatic carbocycles. The molecule has 0 radical (unpaired) electrons. The summed E-state index contributed by atoms with van der Waals surface area (Å²) in [5.41, 5.74) is 0.989. The molecule has 3 rings (SSSR count). The molecule has 0 heterocycles. The minimum Gasteiger partial charge on any atom is -0.494 e. The van der Waals surface area contributed by atoms with Crippen molar-refractivity contribution in [3.8, 4) is 11.5 Å². The fourth-order valence-electron chi connectivity index (χ4n) is 2.59. The van der Waals surface area contributed by atoms with E-state index in [2.05, 4.69) is 12.2 Å². The van der Waals surface area contributed by atoms with Crippen LogP contribution >= 0.6 is 0 Å². The monoisotopic (exact) mass is 349 g/mol. The Kier molecular flexibility index (Phi) is 6.09. The molecule has 0 atom stereocenters. The lowest BCUT2D eigenvalue weighted by molar-refractivity contribution is 0.200. The Morgan fingerprint density at radius 1 is 0.923 bits per heavy atom. The van der Waals surface area contributed by atoms with Crippen LogP contribution in [0.1, 0.15) is 25.3 Å². The maximum atomic E-state index is 12.0. The maximum absolute atomic E-state index is 12.0. The van der Waals surface area contributed by atoms with Gasteiger partial charge in [-0.3, -0.25) is 0 Å². The summed E-state index contributed by atoms with van der Waals surface area (Å²) in [5, 5.41) is 4.92. The van der Waals surface area contributed by atoms with Crippen LogP contribution in [0.5, 0.6) is 11.5 Å². The van der Waals surface area contributed by atoms with Gasteiger partial charge >= 0.3 is 6.09 Å². The highest BCUT2D eigenvalue weighted by atomic mass is 16.6. The van der Waals surface area contributed by atoms with Gasteiger partial charge in [-0.05, 0) is 47.0 Å². The van der Waals surface area contributed by atoms with Gasteiger partial charge in [0.25, 0.3) is 0 Å².